The molecule has 0 fully saturated rings. The molecule has 154 valence electrons. The summed E-state index contributed by atoms with van der Waals surface area (Å²) in [5, 5.41) is 0. The maximum absolute atomic E-state index is 5.05. The van der Waals surface area contributed by atoms with Gasteiger partial charge in [-0.25, -0.2) is 0 Å². The van der Waals surface area contributed by atoms with Gasteiger partial charge in [0.05, 0.1) is 26.2 Å². The second kappa shape index (κ2) is 29.7. The Kier molecular flexibility index (Phi) is 45.6. The normalized spacial score (nSPS) is 9.75. The van der Waals surface area contributed by atoms with Crippen LogP contribution in [0.15, 0.2) is 0 Å². The number of quaternary nitrogens is 1. The molecule has 0 heterocycles. The van der Waals surface area contributed by atoms with Crippen molar-refractivity contribution >= 4 is 74.1 Å². The van der Waals surface area contributed by atoms with E-state index in [1.165, 1.54) is 82.0 Å². The summed E-state index contributed by atoms with van der Waals surface area (Å²) in [4.78, 5) is 0. The van der Waals surface area contributed by atoms with Crippen molar-refractivity contribution in [2.45, 2.75) is 79.1 Å². The minimum absolute atomic E-state index is 0. The lowest BCUT2D eigenvalue weighted by atomic mass is 10.1. The summed E-state index contributed by atoms with van der Waals surface area (Å²) in [5.41, 5.74) is 0. The van der Waals surface area contributed by atoms with Crippen LogP contribution >= 0.6 is 74.1 Å². The van der Waals surface area contributed by atoms with Gasteiger partial charge in [-0.3, -0.25) is 0 Å². The van der Waals surface area contributed by atoms with E-state index >= 15 is 0 Å². The lowest BCUT2D eigenvalue weighted by Gasteiger charge is -2.39. The number of unbranched alkanes of at least 4 members (excludes halogenated alkanes) is 4. The van der Waals surface area contributed by atoms with Gasteiger partial charge in [0, 0.05) is 11.8 Å². The van der Waals surface area contributed by atoms with E-state index in [0.29, 0.717) is 11.8 Å². The molecule has 0 aliphatic carbocycles. The molecule has 0 aliphatic rings. The molecule has 0 aromatic carbocycles. The van der Waals surface area contributed by atoms with Crippen LogP contribution in [0.5, 0.6) is 0 Å². The van der Waals surface area contributed by atoms with Crippen molar-refractivity contribution in [3.8, 4) is 0 Å². The number of nitrogens with zero attached hydrogens (tertiary/aromatic N) is 1. The molecule has 24 heavy (non-hydrogen) atoms. The second-order valence-electron chi connectivity index (χ2n) is 6.03. The van der Waals surface area contributed by atoms with Gasteiger partial charge in [0.25, 0.3) is 0 Å². The quantitative estimate of drug-likeness (QED) is 0.151. The van der Waals surface area contributed by atoms with E-state index in [9.17, 15) is 0 Å². The maximum Gasteiger partial charge on any atom is 0.0786 e. The zero-order chi connectivity index (χ0) is 16.4. The molecule has 0 unspecified atom stereocenters. The summed E-state index contributed by atoms with van der Waals surface area (Å²) in [7, 11) is 0. The third kappa shape index (κ3) is 24.0. The fourth-order valence-corrected chi connectivity index (χ4v) is 2.64. The highest BCUT2D eigenvalue weighted by atomic mass is 79.9. The first-order chi connectivity index (χ1) is 10.2. The van der Waals surface area contributed by atoms with E-state index in [4.69, 9.17) is 23.2 Å². The van der Waals surface area contributed by atoms with Crippen LogP contribution in [0, 0.1) is 0 Å². The Morgan fingerprint density at radius 1 is 0.500 bits per heavy atom. The van der Waals surface area contributed by atoms with Gasteiger partial charge in [0.15, 0.2) is 0 Å². The predicted octanol–water partition coefficient (Wildman–Crippen LogP) is 8.20. The molecule has 0 amide bonds. The molecule has 0 rings (SSSR count). The summed E-state index contributed by atoms with van der Waals surface area (Å²) in [5.74, 6) is 1.11. The molecule has 0 bridgehead atoms. The van der Waals surface area contributed by atoms with Crippen LogP contribution in [-0.4, -0.2) is 42.4 Å². The summed E-state index contributed by atoms with van der Waals surface area (Å²) in [6.45, 7) is 15.0. The molecule has 0 aliphatic heterocycles. The van der Waals surface area contributed by atoms with Gasteiger partial charge in [0.2, 0.25) is 0 Å². The highest BCUT2D eigenvalue weighted by Crippen LogP contribution is 2.16. The number of hydrogen-bond acceptors (Lipinski definition) is 0. The van der Waals surface area contributed by atoms with Crippen LogP contribution in [0.25, 0.3) is 0 Å². The molecule has 6 heteroatoms. The molecule has 0 aromatic heterocycles. The zero-order valence-electron chi connectivity index (χ0n) is 16.3. The van der Waals surface area contributed by atoms with E-state index in [-0.39, 0.29) is 50.9 Å². The Labute approximate surface area is 194 Å². The van der Waals surface area contributed by atoms with Crippen molar-refractivity contribution in [3.63, 3.8) is 0 Å². The van der Waals surface area contributed by atoms with E-state index in [1.54, 1.807) is 0 Å². The van der Waals surface area contributed by atoms with E-state index < -0.39 is 0 Å². The third-order valence-corrected chi connectivity index (χ3v) is 4.59. The molecule has 0 spiro atoms. The monoisotopic (exact) mass is 580 g/mol. The minimum atomic E-state index is 0. The highest BCUT2D eigenvalue weighted by Gasteiger charge is 2.24. The SMILES string of the molecule is Br.Br.Br.CCCC[N+](CCCC)(CCCC)CCCC.ClCCCl. The summed E-state index contributed by atoms with van der Waals surface area (Å²) in [6, 6.07) is 0. The molecule has 0 N–H and O–H groups in total. The summed E-state index contributed by atoms with van der Waals surface area (Å²) < 4.78 is 1.42. The van der Waals surface area contributed by atoms with E-state index in [0.717, 1.165) is 0 Å². The van der Waals surface area contributed by atoms with Crippen molar-refractivity contribution in [1.82, 2.24) is 0 Å². The van der Waals surface area contributed by atoms with Gasteiger partial charge < -0.3 is 4.48 Å². The average Bonchev–Trinajstić information content (AvgIpc) is 2.53. The first kappa shape index (κ1) is 36.8. The molecular formula is C18H43Br3Cl2N+. The number of alkyl halides is 2. The third-order valence-electron chi connectivity index (χ3n) is 4.02. The van der Waals surface area contributed by atoms with Gasteiger partial charge in [-0.2, -0.15) is 0 Å². The van der Waals surface area contributed by atoms with Gasteiger partial charge in [0.1, 0.15) is 0 Å². The van der Waals surface area contributed by atoms with E-state index in [1.807, 2.05) is 0 Å². The van der Waals surface area contributed by atoms with Crippen LogP contribution in [0.4, 0.5) is 0 Å². The largest absolute Gasteiger partial charge is 0.324 e. The summed E-state index contributed by atoms with van der Waals surface area (Å²) in [6.07, 6.45) is 11.1. The van der Waals surface area contributed by atoms with Gasteiger partial charge in [-0.15, -0.1) is 74.1 Å². The predicted molar refractivity (Wildman–Crippen MR) is 132 cm³/mol. The lowest BCUT2D eigenvalue weighted by Crippen LogP contribution is -2.50. The topological polar surface area (TPSA) is 0 Å². The standard InChI is InChI=1S/C16H36N.C2H4Cl2.3BrH/c1-5-9-13-17(14-10-6-2,15-11-7-3)16-12-8-4;3-1-2-4;;;/h5-16H2,1-4H3;1-2H2;3*1H/q+1;;;;. The summed E-state index contributed by atoms with van der Waals surface area (Å²) >= 11 is 10.1. The number of hydrogen-bond donors (Lipinski definition) is 0. The lowest BCUT2D eigenvalue weighted by molar-refractivity contribution is -0.929. The highest BCUT2D eigenvalue weighted by molar-refractivity contribution is 8.93. The molecule has 1 nitrogen and oxygen atoms in total. The Hall–Kier alpha value is 1.98. The van der Waals surface area contributed by atoms with Crippen LogP contribution < -0.4 is 0 Å². The van der Waals surface area contributed by atoms with Crippen molar-refractivity contribution in [2.75, 3.05) is 37.9 Å². The number of halogens is 5. The van der Waals surface area contributed by atoms with Crippen LogP contribution in [0.3, 0.4) is 0 Å². The molecule has 0 atom stereocenters. The smallest absolute Gasteiger partial charge is 0.0786 e. The Bertz CT molecular complexity index is 160. The Morgan fingerprint density at radius 2 is 0.708 bits per heavy atom. The fourth-order valence-electron chi connectivity index (χ4n) is 2.64. The van der Waals surface area contributed by atoms with Crippen LogP contribution in [0.2, 0.25) is 0 Å². The first-order valence-electron chi connectivity index (χ1n) is 9.13. The Morgan fingerprint density at radius 3 is 0.833 bits per heavy atom. The minimum Gasteiger partial charge on any atom is -0.324 e. The second-order valence-corrected chi connectivity index (χ2v) is 6.78. The van der Waals surface area contributed by atoms with Crippen molar-refractivity contribution in [1.29, 1.82) is 0 Å². The van der Waals surface area contributed by atoms with Gasteiger partial charge in [-0.05, 0) is 25.7 Å². The molecule has 0 saturated carbocycles. The molecule has 0 radical (unpaired) electrons. The fraction of sp³-hybridized carbons (Fsp3) is 1.00. The average molecular weight is 584 g/mol. The molecule has 0 aromatic rings. The van der Waals surface area contributed by atoms with E-state index in [2.05, 4.69) is 27.7 Å². The molecule has 0 saturated heterocycles. The number of rotatable bonds is 13. The van der Waals surface area contributed by atoms with Crippen molar-refractivity contribution in [3.05, 3.63) is 0 Å². The van der Waals surface area contributed by atoms with Crippen molar-refractivity contribution in [2.24, 2.45) is 0 Å². The molecular weight excluding hydrogens is 541 g/mol. The van der Waals surface area contributed by atoms with Gasteiger partial charge >= 0.3 is 0 Å². The Balaban J connectivity index is -0.000000154. The van der Waals surface area contributed by atoms with Gasteiger partial charge in [-0.1, -0.05) is 53.4 Å². The van der Waals surface area contributed by atoms with Crippen LogP contribution in [-0.2, 0) is 0 Å². The van der Waals surface area contributed by atoms with Crippen LogP contribution in [0.1, 0.15) is 79.1 Å². The zero-order valence-corrected chi connectivity index (χ0v) is 23.0. The maximum atomic E-state index is 5.05. The first-order valence-corrected chi connectivity index (χ1v) is 10.2. The van der Waals surface area contributed by atoms with Crippen molar-refractivity contribution < 1.29 is 4.48 Å².